The fourth-order valence-electron chi connectivity index (χ4n) is 2.89. The summed E-state index contributed by atoms with van der Waals surface area (Å²) in [5, 5.41) is 8.72. The summed E-state index contributed by atoms with van der Waals surface area (Å²) in [6, 6.07) is 8.79. The molecule has 0 fully saturated rings. The molecule has 146 valence electrons. The van der Waals surface area contributed by atoms with Crippen LogP contribution in [0.3, 0.4) is 0 Å². The molecule has 0 aliphatic heterocycles. The Morgan fingerprint density at radius 2 is 1.50 bits per heavy atom. The molecule has 0 aromatic heterocycles. The summed E-state index contributed by atoms with van der Waals surface area (Å²) in [4.78, 5) is 23.6. The maximum atomic E-state index is 12.0. The Bertz CT molecular complexity index is 565. The van der Waals surface area contributed by atoms with E-state index >= 15 is 0 Å². The molecule has 5 nitrogen and oxygen atoms in total. The van der Waals surface area contributed by atoms with Gasteiger partial charge in [0.25, 0.3) is 0 Å². The number of nitrogens with one attached hydrogen (secondary N) is 3. The Labute approximate surface area is 158 Å². The van der Waals surface area contributed by atoms with Crippen molar-refractivity contribution >= 4 is 11.8 Å². The quantitative estimate of drug-likeness (QED) is 0.600. The van der Waals surface area contributed by atoms with Crippen LogP contribution in [0.1, 0.15) is 58.7 Å². The molecular weight excluding hydrogens is 326 g/mol. The second kappa shape index (κ2) is 11.0. The standard InChI is InChI=1S/C21H35N3O2/c1-14(2)11-17-7-9-18(10-8-17)21(15(3)4)23-12-19(25)22-13-20(26)24-16(5)6/h7-10,14-16,21,23H,11-13H2,1-6H3,(H,22,25)(H,24,26)/t21-/m1/s1. The number of amides is 2. The highest BCUT2D eigenvalue weighted by atomic mass is 16.2. The van der Waals surface area contributed by atoms with Crippen LogP contribution in [0.4, 0.5) is 0 Å². The highest BCUT2D eigenvalue weighted by Crippen LogP contribution is 2.22. The van der Waals surface area contributed by atoms with Crippen molar-refractivity contribution in [3.8, 4) is 0 Å². The first-order valence-corrected chi connectivity index (χ1v) is 9.57. The van der Waals surface area contributed by atoms with Gasteiger partial charge in [0.15, 0.2) is 0 Å². The number of hydrogen-bond donors (Lipinski definition) is 3. The summed E-state index contributed by atoms with van der Waals surface area (Å²) in [5.74, 6) is 0.639. The summed E-state index contributed by atoms with van der Waals surface area (Å²) in [5.41, 5.74) is 2.51. The molecule has 26 heavy (non-hydrogen) atoms. The first-order chi connectivity index (χ1) is 12.2. The highest BCUT2D eigenvalue weighted by Gasteiger charge is 2.17. The van der Waals surface area contributed by atoms with E-state index in [1.807, 2.05) is 13.8 Å². The fraction of sp³-hybridized carbons (Fsp3) is 0.619. The molecule has 0 spiro atoms. The first kappa shape index (κ1) is 22.2. The van der Waals surface area contributed by atoms with Crippen molar-refractivity contribution in [1.82, 2.24) is 16.0 Å². The Morgan fingerprint density at radius 1 is 0.885 bits per heavy atom. The van der Waals surface area contributed by atoms with Crippen LogP contribution in [0, 0.1) is 11.8 Å². The van der Waals surface area contributed by atoms with Gasteiger partial charge in [0.2, 0.25) is 11.8 Å². The second-order valence-electron chi connectivity index (χ2n) is 7.94. The van der Waals surface area contributed by atoms with Crippen LogP contribution in [-0.4, -0.2) is 30.9 Å². The van der Waals surface area contributed by atoms with Gasteiger partial charge in [-0.3, -0.25) is 9.59 Å². The van der Waals surface area contributed by atoms with E-state index in [0.29, 0.717) is 11.8 Å². The maximum Gasteiger partial charge on any atom is 0.239 e. The lowest BCUT2D eigenvalue weighted by atomic mass is 9.94. The monoisotopic (exact) mass is 361 g/mol. The van der Waals surface area contributed by atoms with Gasteiger partial charge in [-0.15, -0.1) is 0 Å². The molecular formula is C21H35N3O2. The largest absolute Gasteiger partial charge is 0.352 e. The molecule has 0 radical (unpaired) electrons. The Morgan fingerprint density at radius 3 is 2.00 bits per heavy atom. The number of carbonyl (C=O) groups excluding carboxylic acids is 2. The molecule has 0 aliphatic carbocycles. The molecule has 0 unspecified atom stereocenters. The summed E-state index contributed by atoms with van der Waals surface area (Å²) < 4.78 is 0. The second-order valence-corrected chi connectivity index (χ2v) is 7.94. The van der Waals surface area contributed by atoms with Gasteiger partial charge in [0, 0.05) is 12.1 Å². The van der Waals surface area contributed by atoms with Gasteiger partial charge >= 0.3 is 0 Å². The Hall–Kier alpha value is -1.88. The van der Waals surface area contributed by atoms with Crippen molar-refractivity contribution in [2.45, 2.75) is 60.0 Å². The first-order valence-electron chi connectivity index (χ1n) is 9.57. The molecule has 1 atom stereocenters. The normalized spacial score (nSPS) is 12.5. The van der Waals surface area contributed by atoms with Gasteiger partial charge in [-0.2, -0.15) is 0 Å². The third-order valence-corrected chi connectivity index (χ3v) is 4.03. The Balaban J connectivity index is 2.55. The predicted molar refractivity (Wildman–Crippen MR) is 107 cm³/mol. The van der Waals surface area contributed by atoms with Crippen molar-refractivity contribution in [2.24, 2.45) is 11.8 Å². The minimum atomic E-state index is -0.175. The minimum absolute atomic E-state index is 0.00887. The van der Waals surface area contributed by atoms with Gasteiger partial charge in [-0.1, -0.05) is 52.0 Å². The van der Waals surface area contributed by atoms with E-state index in [4.69, 9.17) is 0 Å². The minimum Gasteiger partial charge on any atom is -0.352 e. The molecule has 0 heterocycles. The molecule has 0 aliphatic rings. The number of hydrogen-bond acceptors (Lipinski definition) is 3. The highest BCUT2D eigenvalue weighted by molar-refractivity contribution is 5.85. The van der Waals surface area contributed by atoms with Crippen molar-refractivity contribution in [2.75, 3.05) is 13.1 Å². The van der Waals surface area contributed by atoms with E-state index in [-0.39, 0.29) is 37.0 Å². The number of rotatable bonds is 10. The lowest BCUT2D eigenvalue weighted by Gasteiger charge is -2.23. The smallest absolute Gasteiger partial charge is 0.239 e. The number of carbonyl (C=O) groups is 2. The van der Waals surface area contributed by atoms with E-state index < -0.39 is 0 Å². The van der Waals surface area contributed by atoms with Crippen molar-refractivity contribution in [3.05, 3.63) is 35.4 Å². The van der Waals surface area contributed by atoms with Crippen LogP contribution in [0.15, 0.2) is 24.3 Å². The van der Waals surface area contributed by atoms with Crippen molar-refractivity contribution in [3.63, 3.8) is 0 Å². The van der Waals surface area contributed by atoms with Crippen LogP contribution in [0.2, 0.25) is 0 Å². The van der Waals surface area contributed by atoms with Crippen molar-refractivity contribution < 1.29 is 9.59 Å². The molecule has 0 saturated heterocycles. The summed E-state index contributed by atoms with van der Waals surface area (Å²) in [6.07, 6.45) is 1.07. The van der Waals surface area contributed by atoms with E-state index in [1.54, 1.807) is 0 Å². The lowest BCUT2D eigenvalue weighted by molar-refractivity contribution is -0.126. The molecule has 0 bridgehead atoms. The van der Waals surface area contributed by atoms with Crippen LogP contribution in [0.25, 0.3) is 0 Å². The average molecular weight is 362 g/mol. The SMILES string of the molecule is CC(C)Cc1ccc([C@H](NCC(=O)NCC(=O)NC(C)C)C(C)C)cc1. The van der Waals surface area contributed by atoms with E-state index in [0.717, 1.165) is 6.42 Å². The van der Waals surface area contributed by atoms with Gasteiger partial charge in [-0.05, 0) is 43.2 Å². The topological polar surface area (TPSA) is 70.2 Å². The predicted octanol–water partition coefficient (Wildman–Crippen LogP) is 2.81. The fourth-order valence-corrected chi connectivity index (χ4v) is 2.89. The van der Waals surface area contributed by atoms with Crippen LogP contribution in [0.5, 0.6) is 0 Å². The molecule has 5 heteroatoms. The molecule has 0 saturated carbocycles. The number of benzene rings is 1. The van der Waals surface area contributed by atoms with Crippen LogP contribution >= 0.6 is 0 Å². The van der Waals surface area contributed by atoms with E-state index in [9.17, 15) is 9.59 Å². The zero-order valence-corrected chi connectivity index (χ0v) is 17.1. The zero-order valence-electron chi connectivity index (χ0n) is 17.1. The van der Waals surface area contributed by atoms with Crippen LogP contribution in [-0.2, 0) is 16.0 Å². The summed E-state index contributed by atoms with van der Waals surface area (Å²) in [6.45, 7) is 12.7. The average Bonchev–Trinajstić information content (AvgIpc) is 2.53. The third kappa shape index (κ3) is 8.48. The lowest BCUT2D eigenvalue weighted by Crippen LogP contribution is -2.43. The zero-order chi connectivity index (χ0) is 19.7. The van der Waals surface area contributed by atoms with E-state index in [1.165, 1.54) is 11.1 Å². The molecule has 1 rings (SSSR count). The van der Waals surface area contributed by atoms with Crippen molar-refractivity contribution in [1.29, 1.82) is 0 Å². The van der Waals surface area contributed by atoms with Gasteiger partial charge in [0.05, 0.1) is 13.1 Å². The van der Waals surface area contributed by atoms with Gasteiger partial charge < -0.3 is 16.0 Å². The summed E-state index contributed by atoms with van der Waals surface area (Å²) >= 11 is 0. The molecule has 1 aromatic rings. The summed E-state index contributed by atoms with van der Waals surface area (Å²) in [7, 11) is 0. The molecule has 1 aromatic carbocycles. The molecule has 2 amide bonds. The Kier molecular flexibility index (Phi) is 9.35. The van der Waals surface area contributed by atoms with Crippen LogP contribution < -0.4 is 16.0 Å². The van der Waals surface area contributed by atoms with Gasteiger partial charge in [-0.25, -0.2) is 0 Å². The van der Waals surface area contributed by atoms with Gasteiger partial charge in [0.1, 0.15) is 0 Å². The maximum absolute atomic E-state index is 12.0. The third-order valence-electron chi connectivity index (χ3n) is 4.03. The van der Waals surface area contributed by atoms with E-state index in [2.05, 4.69) is 67.9 Å². The molecule has 3 N–H and O–H groups in total.